The molecule has 1 saturated carbocycles. The monoisotopic (exact) mass is 548 g/mol. The average Bonchev–Trinajstić information content (AvgIpc) is 3.40. The Bertz CT molecular complexity index is 1190. The Hall–Kier alpha value is -2.76. The van der Waals surface area contributed by atoms with Crippen LogP contribution < -0.4 is 5.32 Å². The summed E-state index contributed by atoms with van der Waals surface area (Å²) in [5.41, 5.74) is 5.65. The molecule has 0 spiro atoms. The van der Waals surface area contributed by atoms with Gasteiger partial charge < -0.3 is 10.2 Å². The summed E-state index contributed by atoms with van der Waals surface area (Å²) >= 11 is 7.72. The Balaban J connectivity index is 1.56. The third kappa shape index (κ3) is 8.37. The Labute approximate surface area is 236 Å². The lowest BCUT2D eigenvalue weighted by atomic mass is 10.0. The van der Waals surface area contributed by atoms with Crippen molar-refractivity contribution in [1.29, 1.82) is 0 Å². The largest absolute Gasteiger partial charge is 0.352 e. The van der Waals surface area contributed by atoms with Crippen LogP contribution in [0.25, 0.3) is 0 Å². The Morgan fingerprint density at radius 1 is 0.921 bits per heavy atom. The summed E-state index contributed by atoms with van der Waals surface area (Å²) < 4.78 is 0. The van der Waals surface area contributed by atoms with E-state index in [2.05, 4.69) is 37.4 Å². The molecular formula is C32H37ClN2O2S. The molecule has 200 valence electrons. The first kappa shape index (κ1) is 28.3. The number of hydrogen-bond acceptors (Lipinski definition) is 3. The van der Waals surface area contributed by atoms with Crippen molar-refractivity contribution in [3.8, 4) is 0 Å². The number of nitrogens with one attached hydrogen (secondary N) is 1. The smallest absolute Gasteiger partial charge is 0.243 e. The zero-order chi connectivity index (χ0) is 26.9. The van der Waals surface area contributed by atoms with Gasteiger partial charge >= 0.3 is 0 Å². The predicted octanol–water partition coefficient (Wildman–Crippen LogP) is 6.89. The highest BCUT2D eigenvalue weighted by atomic mass is 35.5. The number of hydrogen-bond donors (Lipinski definition) is 1. The summed E-state index contributed by atoms with van der Waals surface area (Å²) in [6.07, 6.45) is 4.75. The molecular weight excluding hydrogens is 512 g/mol. The van der Waals surface area contributed by atoms with Crippen LogP contribution in [-0.2, 0) is 28.3 Å². The third-order valence-corrected chi connectivity index (χ3v) is 8.26. The molecule has 1 fully saturated rings. The lowest BCUT2D eigenvalue weighted by Crippen LogP contribution is -2.52. The van der Waals surface area contributed by atoms with Crippen LogP contribution in [0.5, 0.6) is 0 Å². The van der Waals surface area contributed by atoms with Crippen molar-refractivity contribution in [2.24, 2.45) is 0 Å². The zero-order valence-corrected chi connectivity index (χ0v) is 23.9. The molecule has 0 aromatic heterocycles. The molecule has 1 aliphatic rings. The van der Waals surface area contributed by atoms with E-state index in [1.165, 1.54) is 16.7 Å². The number of rotatable bonds is 11. The molecule has 1 atom stereocenters. The Morgan fingerprint density at radius 3 is 2.24 bits per heavy atom. The van der Waals surface area contributed by atoms with Gasteiger partial charge in [0.15, 0.2) is 0 Å². The van der Waals surface area contributed by atoms with E-state index in [0.717, 1.165) is 42.6 Å². The maximum Gasteiger partial charge on any atom is 0.243 e. The number of nitrogens with zero attached hydrogens (tertiary/aromatic N) is 1. The van der Waals surface area contributed by atoms with Gasteiger partial charge in [0.05, 0.1) is 5.75 Å². The standard InChI is InChI=1S/C32H37ClN2O2S/c1-23-16-24(2)18-27(17-23)21-38-22-31(36)35(20-26-12-14-28(33)15-13-26)30(19-25-8-4-3-5-9-25)32(37)34-29-10-6-7-11-29/h3-5,8-9,12-18,29-30H,6-7,10-11,19-22H2,1-2H3,(H,34,37). The Morgan fingerprint density at radius 2 is 1.58 bits per heavy atom. The van der Waals surface area contributed by atoms with Crippen LogP contribution in [0.1, 0.15) is 53.5 Å². The molecule has 3 aromatic carbocycles. The molecule has 0 bridgehead atoms. The van der Waals surface area contributed by atoms with E-state index in [-0.39, 0.29) is 17.9 Å². The number of benzene rings is 3. The minimum absolute atomic E-state index is 0.0307. The van der Waals surface area contributed by atoms with Crippen molar-refractivity contribution in [3.05, 3.63) is 106 Å². The van der Waals surface area contributed by atoms with Crippen LogP contribution in [0.4, 0.5) is 0 Å². The van der Waals surface area contributed by atoms with E-state index in [1.54, 1.807) is 16.7 Å². The van der Waals surface area contributed by atoms with E-state index in [9.17, 15) is 9.59 Å². The van der Waals surface area contributed by atoms with Crippen molar-refractivity contribution in [3.63, 3.8) is 0 Å². The second-order valence-electron chi connectivity index (χ2n) is 10.3. The van der Waals surface area contributed by atoms with Gasteiger partial charge in [0.2, 0.25) is 11.8 Å². The van der Waals surface area contributed by atoms with Gasteiger partial charge in [-0.2, -0.15) is 0 Å². The number of aryl methyl sites for hydroxylation is 2. The van der Waals surface area contributed by atoms with Crippen molar-refractivity contribution in [1.82, 2.24) is 10.2 Å². The summed E-state index contributed by atoms with van der Waals surface area (Å²) in [5.74, 6) is 0.961. The van der Waals surface area contributed by atoms with Gasteiger partial charge in [-0.1, -0.05) is 96.2 Å². The first-order chi connectivity index (χ1) is 18.4. The van der Waals surface area contributed by atoms with E-state index < -0.39 is 6.04 Å². The second kappa shape index (κ2) is 13.9. The summed E-state index contributed by atoms with van der Waals surface area (Å²) in [7, 11) is 0. The number of thioether (sulfide) groups is 1. The second-order valence-corrected chi connectivity index (χ2v) is 11.8. The summed E-state index contributed by atoms with van der Waals surface area (Å²) in [6.45, 7) is 4.55. The van der Waals surface area contributed by atoms with Gasteiger partial charge in [-0.05, 0) is 55.5 Å². The molecule has 2 amide bonds. The fourth-order valence-corrected chi connectivity index (χ4v) is 6.17. The molecule has 0 radical (unpaired) electrons. The zero-order valence-electron chi connectivity index (χ0n) is 22.3. The quantitative estimate of drug-likeness (QED) is 0.284. The fourth-order valence-electron chi connectivity index (χ4n) is 5.20. The molecule has 3 aromatic rings. The van der Waals surface area contributed by atoms with Gasteiger partial charge in [0.1, 0.15) is 6.04 Å². The number of amides is 2. The topological polar surface area (TPSA) is 49.4 Å². The minimum Gasteiger partial charge on any atom is -0.352 e. The molecule has 4 nitrogen and oxygen atoms in total. The molecule has 38 heavy (non-hydrogen) atoms. The van der Waals surface area contributed by atoms with Crippen molar-refractivity contribution >= 4 is 35.2 Å². The van der Waals surface area contributed by atoms with Gasteiger partial charge in [-0.3, -0.25) is 9.59 Å². The number of carbonyl (C=O) groups is 2. The van der Waals surface area contributed by atoms with Crippen LogP contribution in [-0.4, -0.2) is 34.6 Å². The maximum atomic E-state index is 13.8. The lowest BCUT2D eigenvalue weighted by molar-refractivity contribution is -0.139. The Kier molecular flexibility index (Phi) is 10.3. The molecule has 1 unspecified atom stereocenters. The minimum atomic E-state index is -0.594. The van der Waals surface area contributed by atoms with Gasteiger partial charge in [-0.25, -0.2) is 0 Å². The van der Waals surface area contributed by atoms with E-state index >= 15 is 0 Å². The number of carbonyl (C=O) groups excluding carboxylic acids is 2. The highest BCUT2D eigenvalue weighted by molar-refractivity contribution is 7.99. The summed E-state index contributed by atoms with van der Waals surface area (Å²) in [4.78, 5) is 29.3. The SMILES string of the molecule is Cc1cc(C)cc(CSCC(=O)N(Cc2ccc(Cl)cc2)C(Cc2ccccc2)C(=O)NC2CCCC2)c1. The van der Waals surface area contributed by atoms with Crippen LogP contribution in [0.15, 0.2) is 72.8 Å². The fraction of sp³-hybridized carbons (Fsp3) is 0.375. The van der Waals surface area contributed by atoms with E-state index in [0.29, 0.717) is 23.7 Å². The van der Waals surface area contributed by atoms with E-state index in [1.807, 2.05) is 54.6 Å². The van der Waals surface area contributed by atoms with Crippen LogP contribution in [0, 0.1) is 13.8 Å². The third-order valence-electron chi connectivity index (χ3n) is 7.01. The summed E-state index contributed by atoms with van der Waals surface area (Å²) in [6, 6.07) is 23.6. The molecule has 0 aliphatic heterocycles. The summed E-state index contributed by atoms with van der Waals surface area (Å²) in [5, 5.41) is 3.91. The molecule has 1 aliphatic carbocycles. The highest BCUT2D eigenvalue weighted by Crippen LogP contribution is 2.22. The molecule has 1 N–H and O–H groups in total. The lowest BCUT2D eigenvalue weighted by Gasteiger charge is -2.32. The van der Waals surface area contributed by atoms with Gasteiger partial charge in [0.25, 0.3) is 0 Å². The highest BCUT2D eigenvalue weighted by Gasteiger charge is 2.32. The van der Waals surface area contributed by atoms with Crippen LogP contribution in [0.2, 0.25) is 5.02 Å². The number of halogens is 1. The average molecular weight is 549 g/mol. The molecule has 0 heterocycles. The van der Waals surface area contributed by atoms with Gasteiger partial charge in [-0.15, -0.1) is 11.8 Å². The molecule has 0 saturated heterocycles. The normalized spacial score (nSPS) is 14.3. The van der Waals surface area contributed by atoms with Crippen molar-refractivity contribution in [2.75, 3.05) is 5.75 Å². The molecule has 4 rings (SSSR count). The first-order valence-corrected chi connectivity index (χ1v) is 14.9. The molecule has 6 heteroatoms. The van der Waals surface area contributed by atoms with E-state index in [4.69, 9.17) is 11.6 Å². The van der Waals surface area contributed by atoms with Crippen molar-refractivity contribution < 1.29 is 9.59 Å². The van der Waals surface area contributed by atoms with Crippen LogP contribution >= 0.6 is 23.4 Å². The maximum absolute atomic E-state index is 13.8. The predicted molar refractivity (Wildman–Crippen MR) is 158 cm³/mol. The first-order valence-electron chi connectivity index (χ1n) is 13.4. The van der Waals surface area contributed by atoms with Gasteiger partial charge in [0, 0.05) is 29.8 Å². The van der Waals surface area contributed by atoms with Crippen LogP contribution in [0.3, 0.4) is 0 Å². The van der Waals surface area contributed by atoms with Crippen molar-refractivity contribution in [2.45, 2.75) is 70.3 Å².